The van der Waals surface area contributed by atoms with Gasteiger partial charge in [0, 0.05) is 6.07 Å². The van der Waals surface area contributed by atoms with E-state index < -0.39 is 6.10 Å². The van der Waals surface area contributed by atoms with Crippen molar-refractivity contribution in [2.75, 3.05) is 5.32 Å². The van der Waals surface area contributed by atoms with Gasteiger partial charge in [0.25, 0.3) is 5.91 Å². The molecule has 2 aromatic rings. The van der Waals surface area contributed by atoms with E-state index in [1.165, 1.54) is 0 Å². The van der Waals surface area contributed by atoms with Crippen LogP contribution in [0.3, 0.4) is 0 Å². The Bertz CT molecular complexity index is 640. The Kier molecular flexibility index (Phi) is 4.01. The highest BCUT2D eigenvalue weighted by molar-refractivity contribution is 5.92. The molecule has 0 aliphatic carbocycles. The number of aryl methyl sites for hydroxylation is 1. The average molecular weight is 271 g/mol. The largest absolute Gasteiger partial charge is 0.481 e. The maximum absolute atomic E-state index is 11.9. The molecule has 0 spiro atoms. The summed E-state index contributed by atoms with van der Waals surface area (Å²) in [4.78, 5) is 11.9. The quantitative estimate of drug-likeness (QED) is 0.921. The molecular weight excluding hydrogens is 258 g/mol. The van der Waals surface area contributed by atoms with Gasteiger partial charge >= 0.3 is 0 Å². The van der Waals surface area contributed by atoms with Crippen molar-refractivity contribution in [2.24, 2.45) is 0 Å². The predicted molar refractivity (Wildman–Crippen MR) is 71.1 cm³/mol. The zero-order valence-electron chi connectivity index (χ0n) is 11.1. The molecule has 2 rings (SSSR count). The molecule has 0 bridgehead atoms. The van der Waals surface area contributed by atoms with Crippen LogP contribution in [0.15, 0.2) is 34.9 Å². The van der Waals surface area contributed by atoms with Crippen molar-refractivity contribution in [3.05, 3.63) is 41.6 Å². The molecule has 1 amide bonds. The van der Waals surface area contributed by atoms with Gasteiger partial charge in [-0.3, -0.25) is 10.1 Å². The fourth-order valence-corrected chi connectivity index (χ4v) is 1.51. The first kappa shape index (κ1) is 13.6. The summed E-state index contributed by atoms with van der Waals surface area (Å²) in [6.45, 7) is 3.38. The molecule has 0 aliphatic heterocycles. The zero-order valence-corrected chi connectivity index (χ0v) is 11.1. The van der Waals surface area contributed by atoms with E-state index in [-0.39, 0.29) is 11.8 Å². The van der Waals surface area contributed by atoms with Crippen LogP contribution in [-0.2, 0) is 4.79 Å². The summed E-state index contributed by atoms with van der Waals surface area (Å²) < 4.78 is 10.4. The number of benzene rings is 1. The lowest BCUT2D eigenvalue weighted by atomic mass is 10.2. The summed E-state index contributed by atoms with van der Waals surface area (Å²) in [5.41, 5.74) is 1.22. The SMILES string of the molecule is Cc1cc(NC(=O)C(C)Oc2ccc(C#N)cc2)on1. The fourth-order valence-electron chi connectivity index (χ4n) is 1.51. The summed E-state index contributed by atoms with van der Waals surface area (Å²) in [6, 6.07) is 10.2. The van der Waals surface area contributed by atoms with E-state index in [4.69, 9.17) is 14.5 Å². The van der Waals surface area contributed by atoms with E-state index >= 15 is 0 Å². The van der Waals surface area contributed by atoms with E-state index in [9.17, 15) is 4.79 Å². The van der Waals surface area contributed by atoms with Crippen molar-refractivity contribution < 1.29 is 14.1 Å². The van der Waals surface area contributed by atoms with Gasteiger partial charge in [-0.1, -0.05) is 5.16 Å². The van der Waals surface area contributed by atoms with Gasteiger partial charge in [-0.05, 0) is 38.1 Å². The topological polar surface area (TPSA) is 88.1 Å². The van der Waals surface area contributed by atoms with Crippen LogP contribution in [0.2, 0.25) is 0 Å². The van der Waals surface area contributed by atoms with Gasteiger partial charge in [0.05, 0.1) is 17.3 Å². The van der Waals surface area contributed by atoms with Crippen molar-refractivity contribution in [1.29, 1.82) is 5.26 Å². The van der Waals surface area contributed by atoms with Gasteiger partial charge in [-0.25, -0.2) is 0 Å². The molecule has 1 heterocycles. The maximum atomic E-state index is 11.9. The van der Waals surface area contributed by atoms with Gasteiger partial charge in [0.15, 0.2) is 6.10 Å². The number of anilines is 1. The second-order valence-corrected chi connectivity index (χ2v) is 4.22. The standard InChI is InChI=1S/C14H13N3O3/c1-9-7-13(20-17-9)16-14(18)10(2)19-12-5-3-11(8-15)4-6-12/h3-7,10H,1-2H3,(H,16,18). The Morgan fingerprint density at radius 3 is 2.70 bits per heavy atom. The molecule has 1 N–H and O–H groups in total. The molecule has 0 saturated heterocycles. The van der Waals surface area contributed by atoms with Crippen LogP contribution in [0.5, 0.6) is 5.75 Å². The van der Waals surface area contributed by atoms with Crippen molar-refractivity contribution in [2.45, 2.75) is 20.0 Å². The second-order valence-electron chi connectivity index (χ2n) is 4.22. The lowest BCUT2D eigenvalue weighted by Crippen LogP contribution is -2.29. The molecule has 1 aromatic carbocycles. The van der Waals surface area contributed by atoms with E-state index in [0.717, 1.165) is 0 Å². The number of nitriles is 1. The third-order valence-electron chi connectivity index (χ3n) is 2.54. The fraction of sp³-hybridized carbons (Fsp3) is 0.214. The Hall–Kier alpha value is -2.81. The number of hydrogen-bond donors (Lipinski definition) is 1. The molecule has 1 aromatic heterocycles. The Balaban J connectivity index is 1.95. The predicted octanol–water partition coefficient (Wildman–Crippen LogP) is 2.26. The Labute approximate surface area is 115 Å². The minimum absolute atomic E-state index is 0.280. The van der Waals surface area contributed by atoms with Crippen LogP contribution < -0.4 is 10.1 Å². The molecule has 0 saturated carbocycles. The van der Waals surface area contributed by atoms with Gasteiger partial charge in [-0.15, -0.1) is 0 Å². The Morgan fingerprint density at radius 1 is 1.45 bits per heavy atom. The number of aromatic nitrogens is 1. The number of amides is 1. The first-order valence-electron chi connectivity index (χ1n) is 5.99. The number of ether oxygens (including phenoxy) is 1. The molecule has 0 fully saturated rings. The summed E-state index contributed by atoms with van der Waals surface area (Å²) in [7, 11) is 0. The molecule has 6 heteroatoms. The monoisotopic (exact) mass is 271 g/mol. The molecular formula is C14H13N3O3. The first-order valence-corrected chi connectivity index (χ1v) is 5.99. The molecule has 20 heavy (non-hydrogen) atoms. The minimum Gasteiger partial charge on any atom is -0.481 e. The second kappa shape index (κ2) is 5.89. The maximum Gasteiger partial charge on any atom is 0.267 e. The van der Waals surface area contributed by atoms with Crippen LogP contribution in [0.25, 0.3) is 0 Å². The van der Waals surface area contributed by atoms with Gasteiger partial charge < -0.3 is 9.26 Å². The number of rotatable bonds is 4. The van der Waals surface area contributed by atoms with Crippen molar-refractivity contribution >= 4 is 11.8 Å². The highest BCUT2D eigenvalue weighted by atomic mass is 16.5. The molecule has 0 aliphatic rings. The molecule has 102 valence electrons. The van der Waals surface area contributed by atoms with E-state index in [0.29, 0.717) is 17.0 Å². The van der Waals surface area contributed by atoms with E-state index in [1.54, 1.807) is 44.2 Å². The summed E-state index contributed by atoms with van der Waals surface area (Å²) in [5, 5.41) is 14.9. The van der Waals surface area contributed by atoms with Crippen LogP contribution in [-0.4, -0.2) is 17.2 Å². The summed E-state index contributed by atoms with van der Waals surface area (Å²) in [5.74, 6) is 0.452. The van der Waals surface area contributed by atoms with Gasteiger partial charge in [0.1, 0.15) is 5.75 Å². The Morgan fingerprint density at radius 2 is 2.15 bits per heavy atom. The summed E-state index contributed by atoms with van der Waals surface area (Å²) in [6.07, 6.45) is -0.701. The number of nitrogens with zero attached hydrogens (tertiary/aromatic N) is 2. The molecule has 6 nitrogen and oxygen atoms in total. The lowest BCUT2D eigenvalue weighted by molar-refractivity contribution is -0.122. The number of carbonyl (C=O) groups excluding carboxylic acids is 1. The lowest BCUT2D eigenvalue weighted by Gasteiger charge is -2.13. The van der Waals surface area contributed by atoms with Crippen LogP contribution in [0, 0.1) is 18.3 Å². The normalized spacial score (nSPS) is 11.4. The van der Waals surface area contributed by atoms with Crippen LogP contribution in [0.4, 0.5) is 5.88 Å². The molecule has 1 atom stereocenters. The summed E-state index contributed by atoms with van der Waals surface area (Å²) >= 11 is 0. The highest BCUT2D eigenvalue weighted by Crippen LogP contribution is 2.15. The van der Waals surface area contributed by atoms with Crippen molar-refractivity contribution in [1.82, 2.24) is 5.16 Å². The number of carbonyl (C=O) groups is 1. The third kappa shape index (κ3) is 3.36. The van der Waals surface area contributed by atoms with E-state index in [1.807, 2.05) is 6.07 Å². The molecule has 1 unspecified atom stereocenters. The minimum atomic E-state index is -0.701. The zero-order chi connectivity index (χ0) is 14.5. The highest BCUT2D eigenvalue weighted by Gasteiger charge is 2.16. The van der Waals surface area contributed by atoms with Crippen LogP contribution in [0.1, 0.15) is 18.2 Å². The smallest absolute Gasteiger partial charge is 0.267 e. The van der Waals surface area contributed by atoms with E-state index in [2.05, 4.69) is 10.5 Å². The average Bonchev–Trinajstić information content (AvgIpc) is 2.85. The number of hydrogen-bond acceptors (Lipinski definition) is 5. The van der Waals surface area contributed by atoms with Crippen molar-refractivity contribution in [3.8, 4) is 11.8 Å². The third-order valence-corrected chi connectivity index (χ3v) is 2.54. The van der Waals surface area contributed by atoms with Crippen molar-refractivity contribution in [3.63, 3.8) is 0 Å². The molecule has 0 radical (unpaired) electrons. The van der Waals surface area contributed by atoms with Crippen LogP contribution >= 0.6 is 0 Å². The number of nitrogens with one attached hydrogen (secondary N) is 1. The first-order chi connectivity index (χ1) is 9.58. The van der Waals surface area contributed by atoms with Gasteiger partial charge in [-0.2, -0.15) is 5.26 Å². The van der Waals surface area contributed by atoms with Gasteiger partial charge in [0.2, 0.25) is 5.88 Å².